The van der Waals surface area contributed by atoms with Crippen molar-refractivity contribution in [3.8, 4) is 40.2 Å². The zero-order valence-corrected chi connectivity index (χ0v) is 25.4. The molecule has 236 valence electrons. The molecule has 3 atom stereocenters. The lowest BCUT2D eigenvalue weighted by Gasteiger charge is -2.27. The molecule has 4 aromatic rings. The second kappa shape index (κ2) is 14.2. The number of hydrogen-bond donors (Lipinski definition) is 1. The zero-order valence-electron chi connectivity index (χ0n) is 25.4. The predicted molar refractivity (Wildman–Crippen MR) is 167 cm³/mol. The van der Waals surface area contributed by atoms with E-state index in [9.17, 15) is 5.11 Å². The maximum atomic E-state index is 10.5. The lowest BCUT2D eigenvalue weighted by atomic mass is 9.98. The van der Waals surface area contributed by atoms with Gasteiger partial charge in [0.2, 0.25) is 0 Å². The molecule has 9 nitrogen and oxygen atoms in total. The van der Waals surface area contributed by atoms with Gasteiger partial charge in [-0.05, 0) is 104 Å². The molecule has 2 fully saturated rings. The number of aliphatic hydroxyl groups is 1. The first-order chi connectivity index (χ1) is 21.9. The Bertz CT molecular complexity index is 1480. The summed E-state index contributed by atoms with van der Waals surface area (Å²) in [6.45, 7) is 6.80. The quantitative estimate of drug-likeness (QED) is 0.133. The zero-order chi connectivity index (χ0) is 31.1. The summed E-state index contributed by atoms with van der Waals surface area (Å²) >= 11 is 0. The summed E-state index contributed by atoms with van der Waals surface area (Å²) in [5.41, 5.74) is 0.332. The van der Waals surface area contributed by atoms with E-state index in [1.165, 1.54) is 0 Å². The Kier molecular flexibility index (Phi) is 9.71. The smallest absolute Gasteiger partial charge is 0.127 e. The standard InChI is InChI=1S/C36H38O9/c1-36(2,25-3-5-30(6-4-25)44-31-15-9-28(10-16-31)39-21-34-23-41-34)43-20-26(37)19-38-27-7-13-32(14-8-27)45-33-17-11-29(12-18-33)40-22-35-24-42-35/h3-18,26,34-35,37H,19-24H2,1-2H3. The first kappa shape index (κ1) is 30.7. The molecule has 2 aliphatic rings. The highest BCUT2D eigenvalue weighted by Crippen LogP contribution is 2.30. The van der Waals surface area contributed by atoms with E-state index in [4.69, 9.17) is 37.9 Å². The van der Waals surface area contributed by atoms with Gasteiger partial charge in [0, 0.05) is 0 Å². The first-order valence-electron chi connectivity index (χ1n) is 15.1. The van der Waals surface area contributed by atoms with E-state index < -0.39 is 11.7 Å². The van der Waals surface area contributed by atoms with E-state index in [2.05, 4.69) is 0 Å². The van der Waals surface area contributed by atoms with Crippen LogP contribution < -0.4 is 23.7 Å². The van der Waals surface area contributed by atoms with Gasteiger partial charge in [-0.15, -0.1) is 0 Å². The molecule has 0 aromatic heterocycles. The number of aliphatic hydroxyl groups excluding tert-OH is 1. The Balaban J connectivity index is 0.906. The molecule has 2 aliphatic heterocycles. The molecule has 9 heteroatoms. The van der Waals surface area contributed by atoms with E-state index in [1.54, 1.807) is 12.1 Å². The van der Waals surface area contributed by atoms with E-state index in [0.717, 1.165) is 36.0 Å². The van der Waals surface area contributed by atoms with Gasteiger partial charge in [-0.3, -0.25) is 0 Å². The van der Waals surface area contributed by atoms with Crippen LogP contribution in [-0.2, 0) is 19.8 Å². The molecule has 0 aliphatic carbocycles. The molecule has 6 rings (SSSR count). The fourth-order valence-electron chi connectivity index (χ4n) is 4.34. The third kappa shape index (κ3) is 9.60. The maximum Gasteiger partial charge on any atom is 0.127 e. The molecule has 0 radical (unpaired) electrons. The van der Waals surface area contributed by atoms with Crippen molar-refractivity contribution in [3.05, 3.63) is 103 Å². The minimum absolute atomic E-state index is 0.0919. The Morgan fingerprint density at radius 3 is 1.33 bits per heavy atom. The highest BCUT2D eigenvalue weighted by molar-refractivity contribution is 5.39. The van der Waals surface area contributed by atoms with Crippen molar-refractivity contribution in [1.29, 1.82) is 0 Å². The summed E-state index contributed by atoms with van der Waals surface area (Å²) < 4.78 is 45.4. The van der Waals surface area contributed by atoms with Gasteiger partial charge in [0.15, 0.2) is 0 Å². The van der Waals surface area contributed by atoms with Crippen LogP contribution in [0.3, 0.4) is 0 Å². The van der Waals surface area contributed by atoms with Crippen molar-refractivity contribution in [1.82, 2.24) is 0 Å². The van der Waals surface area contributed by atoms with Crippen LogP contribution >= 0.6 is 0 Å². The second-order valence-corrected chi connectivity index (χ2v) is 11.5. The topological polar surface area (TPSA) is 101 Å². The van der Waals surface area contributed by atoms with E-state index in [0.29, 0.717) is 36.2 Å². The van der Waals surface area contributed by atoms with Gasteiger partial charge in [-0.2, -0.15) is 0 Å². The van der Waals surface area contributed by atoms with Crippen molar-refractivity contribution in [2.24, 2.45) is 0 Å². The van der Waals surface area contributed by atoms with E-state index in [1.807, 2.05) is 98.8 Å². The number of epoxide rings is 2. The Hall–Kier alpha value is -4.28. The molecule has 0 saturated carbocycles. The molecule has 2 heterocycles. The molecule has 0 amide bonds. The van der Waals surface area contributed by atoms with Gasteiger partial charge < -0.3 is 43.0 Å². The van der Waals surface area contributed by atoms with Crippen LogP contribution in [0.5, 0.6) is 40.2 Å². The van der Waals surface area contributed by atoms with Crippen LogP contribution in [0.4, 0.5) is 0 Å². The summed E-state index contributed by atoms with van der Waals surface area (Å²) in [6, 6.07) is 29.9. The summed E-state index contributed by atoms with van der Waals surface area (Å²) in [7, 11) is 0. The van der Waals surface area contributed by atoms with Gasteiger partial charge in [0.05, 0.1) is 25.4 Å². The van der Waals surface area contributed by atoms with Crippen molar-refractivity contribution in [2.45, 2.75) is 37.8 Å². The van der Waals surface area contributed by atoms with Crippen LogP contribution in [0.15, 0.2) is 97.1 Å². The molecule has 45 heavy (non-hydrogen) atoms. The molecule has 1 N–H and O–H groups in total. The van der Waals surface area contributed by atoms with Gasteiger partial charge in [0.1, 0.15) is 78.4 Å². The number of ether oxygens (including phenoxy) is 8. The van der Waals surface area contributed by atoms with Crippen molar-refractivity contribution in [2.75, 3.05) is 39.6 Å². The second-order valence-electron chi connectivity index (χ2n) is 11.5. The SMILES string of the molecule is CC(C)(OCC(O)COc1ccc(Oc2ccc(OCC3CO3)cc2)cc1)c1ccc(Oc2ccc(OCC3CO3)cc2)cc1. The Morgan fingerprint density at radius 1 is 0.578 bits per heavy atom. The molecule has 3 unspecified atom stereocenters. The largest absolute Gasteiger partial charge is 0.491 e. The minimum Gasteiger partial charge on any atom is -0.491 e. The highest BCUT2D eigenvalue weighted by Gasteiger charge is 2.24. The van der Waals surface area contributed by atoms with Crippen LogP contribution in [0, 0.1) is 0 Å². The maximum absolute atomic E-state index is 10.5. The lowest BCUT2D eigenvalue weighted by Crippen LogP contribution is -2.30. The molecule has 4 aromatic carbocycles. The summed E-state index contributed by atoms with van der Waals surface area (Å²) in [5.74, 6) is 4.99. The molecule has 2 saturated heterocycles. The molecule has 0 spiro atoms. The number of benzene rings is 4. The summed E-state index contributed by atoms with van der Waals surface area (Å²) in [4.78, 5) is 0. The van der Waals surface area contributed by atoms with Crippen LogP contribution in [0.1, 0.15) is 19.4 Å². The Labute approximate surface area is 263 Å². The van der Waals surface area contributed by atoms with Gasteiger partial charge in [-0.25, -0.2) is 0 Å². The number of rotatable bonds is 17. The monoisotopic (exact) mass is 614 g/mol. The fraction of sp³-hybridized carbons (Fsp3) is 0.333. The normalized spacial score (nSPS) is 17.7. The molecular weight excluding hydrogens is 576 g/mol. The fourth-order valence-corrected chi connectivity index (χ4v) is 4.34. The van der Waals surface area contributed by atoms with Gasteiger partial charge >= 0.3 is 0 Å². The average molecular weight is 615 g/mol. The van der Waals surface area contributed by atoms with Crippen molar-refractivity contribution >= 4 is 0 Å². The van der Waals surface area contributed by atoms with E-state index >= 15 is 0 Å². The highest BCUT2D eigenvalue weighted by atomic mass is 16.6. The molecule has 0 bridgehead atoms. The first-order valence-corrected chi connectivity index (χ1v) is 15.1. The van der Waals surface area contributed by atoms with Crippen LogP contribution in [0.2, 0.25) is 0 Å². The van der Waals surface area contributed by atoms with Crippen molar-refractivity contribution in [3.63, 3.8) is 0 Å². The third-order valence-electron chi connectivity index (χ3n) is 7.25. The number of hydrogen-bond acceptors (Lipinski definition) is 9. The summed E-state index contributed by atoms with van der Waals surface area (Å²) in [5, 5.41) is 10.5. The average Bonchev–Trinajstić information content (AvgIpc) is 3.99. The van der Waals surface area contributed by atoms with Crippen LogP contribution in [-0.4, -0.2) is 63.1 Å². The van der Waals surface area contributed by atoms with E-state index in [-0.39, 0.29) is 25.4 Å². The lowest BCUT2D eigenvalue weighted by molar-refractivity contribution is -0.0717. The van der Waals surface area contributed by atoms with Gasteiger partial charge in [-0.1, -0.05) is 12.1 Å². The Morgan fingerprint density at radius 2 is 0.933 bits per heavy atom. The third-order valence-corrected chi connectivity index (χ3v) is 7.25. The molecular formula is C36H38O9. The minimum atomic E-state index is -0.807. The summed E-state index contributed by atoms with van der Waals surface area (Å²) in [6.07, 6.45) is -0.367. The van der Waals surface area contributed by atoms with Crippen LogP contribution in [0.25, 0.3) is 0 Å². The van der Waals surface area contributed by atoms with Gasteiger partial charge in [0.25, 0.3) is 0 Å². The predicted octanol–water partition coefficient (Wildman–Crippen LogP) is 6.52. The van der Waals surface area contributed by atoms with Crippen molar-refractivity contribution < 1.29 is 43.0 Å².